The Kier molecular flexibility index (Phi) is 6.38. The average molecular weight is 339 g/mol. The van der Waals surface area contributed by atoms with Crippen LogP contribution in [0.1, 0.15) is 18.7 Å². The molecule has 1 aromatic carbocycles. The van der Waals surface area contributed by atoms with Gasteiger partial charge >= 0.3 is 0 Å². The Morgan fingerprint density at radius 3 is 2.57 bits per heavy atom. The number of hydrogen-bond acceptors (Lipinski definition) is 6. The predicted molar refractivity (Wildman–Crippen MR) is 90.6 cm³/mol. The molecule has 1 aliphatic rings. The summed E-state index contributed by atoms with van der Waals surface area (Å²) in [5.41, 5.74) is 6.65. The van der Waals surface area contributed by atoms with Gasteiger partial charge in [-0.25, -0.2) is 0 Å². The van der Waals surface area contributed by atoms with Gasteiger partial charge < -0.3 is 15.0 Å². The van der Waals surface area contributed by atoms with Crippen LogP contribution >= 0.6 is 12.4 Å². The van der Waals surface area contributed by atoms with Crippen molar-refractivity contribution >= 4 is 12.4 Å². The summed E-state index contributed by atoms with van der Waals surface area (Å²) in [6, 6.07) is 7.65. The molecule has 126 valence electrons. The highest BCUT2D eigenvalue weighted by Crippen LogP contribution is 2.21. The lowest BCUT2D eigenvalue weighted by atomic mass is 9.97. The van der Waals surface area contributed by atoms with Crippen LogP contribution in [0.2, 0.25) is 0 Å². The van der Waals surface area contributed by atoms with E-state index in [2.05, 4.69) is 15.0 Å². The molecule has 1 saturated heterocycles. The van der Waals surface area contributed by atoms with Gasteiger partial charge in [-0.05, 0) is 62.7 Å². The molecule has 0 aliphatic carbocycles. The lowest BCUT2D eigenvalue weighted by molar-refractivity contribution is 0.161. The molecule has 0 saturated carbocycles. The smallest absolute Gasteiger partial charge is 0.241 e. The fraction of sp³-hybridized carbons (Fsp3) is 0.500. The van der Waals surface area contributed by atoms with E-state index in [4.69, 9.17) is 15.0 Å². The zero-order valence-electron chi connectivity index (χ0n) is 13.3. The van der Waals surface area contributed by atoms with Gasteiger partial charge in [-0.2, -0.15) is 4.98 Å². The second kappa shape index (κ2) is 8.29. The lowest BCUT2D eigenvalue weighted by Crippen LogP contribution is -2.35. The normalized spacial score (nSPS) is 16.1. The zero-order valence-corrected chi connectivity index (χ0v) is 14.1. The minimum atomic E-state index is 0. The van der Waals surface area contributed by atoms with Crippen LogP contribution in [-0.2, 0) is 6.54 Å². The first-order valence-electron chi connectivity index (χ1n) is 7.68. The Bertz CT molecular complexity index is 594. The highest BCUT2D eigenvalue weighted by Gasteiger charge is 2.20. The standard InChI is InChI=1S/C16H22N4O2.ClH/c1-21-14-4-2-13(3-5-14)16-18-15(22-19-16)11-20-8-6-12(10-17)7-9-20;/h2-5,12H,6-11,17H2,1H3;1H. The summed E-state index contributed by atoms with van der Waals surface area (Å²) in [4.78, 5) is 6.83. The number of aromatic nitrogens is 2. The third-order valence-electron chi connectivity index (χ3n) is 4.22. The van der Waals surface area contributed by atoms with Crippen molar-refractivity contribution in [2.24, 2.45) is 11.7 Å². The Morgan fingerprint density at radius 2 is 1.96 bits per heavy atom. The molecule has 1 aromatic heterocycles. The van der Waals surface area contributed by atoms with Crippen LogP contribution in [0.5, 0.6) is 5.75 Å². The monoisotopic (exact) mass is 338 g/mol. The molecule has 2 heterocycles. The average Bonchev–Trinajstić information content (AvgIpc) is 3.04. The Balaban J connectivity index is 0.00000192. The third kappa shape index (κ3) is 4.43. The molecule has 1 fully saturated rings. The Labute approximate surface area is 142 Å². The van der Waals surface area contributed by atoms with Gasteiger partial charge in [0.25, 0.3) is 0 Å². The van der Waals surface area contributed by atoms with Crippen molar-refractivity contribution in [2.45, 2.75) is 19.4 Å². The topological polar surface area (TPSA) is 77.4 Å². The van der Waals surface area contributed by atoms with Crippen LogP contribution in [0.3, 0.4) is 0 Å². The number of nitrogens with zero attached hydrogens (tertiary/aromatic N) is 3. The molecule has 6 nitrogen and oxygen atoms in total. The van der Waals surface area contributed by atoms with Gasteiger partial charge in [0.2, 0.25) is 11.7 Å². The van der Waals surface area contributed by atoms with Crippen molar-refractivity contribution in [3.8, 4) is 17.1 Å². The largest absolute Gasteiger partial charge is 0.497 e. The summed E-state index contributed by atoms with van der Waals surface area (Å²) in [6.45, 7) is 3.58. The first-order valence-corrected chi connectivity index (χ1v) is 7.68. The summed E-state index contributed by atoms with van der Waals surface area (Å²) < 4.78 is 10.5. The molecule has 0 spiro atoms. The van der Waals surface area contributed by atoms with Crippen molar-refractivity contribution in [2.75, 3.05) is 26.7 Å². The minimum Gasteiger partial charge on any atom is -0.497 e. The van der Waals surface area contributed by atoms with Crippen LogP contribution in [0.25, 0.3) is 11.4 Å². The molecule has 0 unspecified atom stereocenters. The highest BCUT2D eigenvalue weighted by atomic mass is 35.5. The maximum atomic E-state index is 5.72. The molecule has 0 amide bonds. The van der Waals surface area contributed by atoms with Crippen molar-refractivity contribution in [1.82, 2.24) is 15.0 Å². The van der Waals surface area contributed by atoms with E-state index in [1.165, 1.54) is 0 Å². The summed E-state index contributed by atoms with van der Waals surface area (Å²) in [5, 5.41) is 4.06. The van der Waals surface area contributed by atoms with E-state index in [9.17, 15) is 0 Å². The number of ether oxygens (including phenoxy) is 1. The number of rotatable bonds is 5. The second-order valence-electron chi connectivity index (χ2n) is 5.70. The van der Waals surface area contributed by atoms with Crippen molar-refractivity contribution in [1.29, 1.82) is 0 Å². The molecule has 0 atom stereocenters. The van der Waals surface area contributed by atoms with Gasteiger partial charge in [-0.1, -0.05) is 5.16 Å². The van der Waals surface area contributed by atoms with Crippen molar-refractivity contribution in [3.05, 3.63) is 30.2 Å². The van der Waals surface area contributed by atoms with E-state index < -0.39 is 0 Å². The van der Waals surface area contributed by atoms with Gasteiger partial charge in [0, 0.05) is 5.56 Å². The first kappa shape index (κ1) is 17.7. The van der Waals surface area contributed by atoms with Gasteiger partial charge in [-0.15, -0.1) is 12.4 Å². The van der Waals surface area contributed by atoms with Crippen LogP contribution in [0.15, 0.2) is 28.8 Å². The van der Waals surface area contributed by atoms with Crippen LogP contribution < -0.4 is 10.5 Å². The first-order chi connectivity index (χ1) is 10.8. The van der Waals surface area contributed by atoms with E-state index in [1.807, 2.05) is 24.3 Å². The molecule has 3 rings (SSSR count). The van der Waals surface area contributed by atoms with Gasteiger partial charge in [0.05, 0.1) is 13.7 Å². The zero-order chi connectivity index (χ0) is 15.4. The molecule has 0 radical (unpaired) electrons. The molecule has 2 aromatic rings. The Hall–Kier alpha value is -1.63. The van der Waals surface area contributed by atoms with Crippen molar-refractivity contribution in [3.63, 3.8) is 0 Å². The summed E-state index contributed by atoms with van der Waals surface area (Å²) in [7, 11) is 1.65. The number of halogens is 1. The number of hydrogen-bond donors (Lipinski definition) is 1. The van der Waals surface area contributed by atoms with Crippen LogP contribution in [0.4, 0.5) is 0 Å². The number of methoxy groups -OCH3 is 1. The number of benzene rings is 1. The van der Waals surface area contributed by atoms with Gasteiger partial charge in [-0.3, -0.25) is 4.90 Å². The number of piperidine rings is 1. The maximum Gasteiger partial charge on any atom is 0.241 e. The molecule has 1 aliphatic heterocycles. The molecule has 23 heavy (non-hydrogen) atoms. The van der Waals surface area contributed by atoms with E-state index >= 15 is 0 Å². The van der Waals surface area contributed by atoms with Crippen LogP contribution in [0, 0.1) is 5.92 Å². The quantitative estimate of drug-likeness (QED) is 0.901. The molecular formula is C16H23ClN4O2. The minimum absolute atomic E-state index is 0. The fourth-order valence-electron chi connectivity index (χ4n) is 2.75. The predicted octanol–water partition coefficient (Wildman–Crippen LogP) is 2.34. The summed E-state index contributed by atoms with van der Waals surface area (Å²) in [6.07, 6.45) is 2.30. The van der Waals surface area contributed by atoms with Gasteiger partial charge in [0.15, 0.2) is 0 Å². The van der Waals surface area contributed by atoms with E-state index in [0.29, 0.717) is 24.2 Å². The molecule has 7 heteroatoms. The highest BCUT2D eigenvalue weighted by molar-refractivity contribution is 5.85. The second-order valence-corrected chi connectivity index (χ2v) is 5.70. The maximum absolute atomic E-state index is 5.72. The van der Waals surface area contributed by atoms with Crippen molar-refractivity contribution < 1.29 is 9.26 Å². The SMILES string of the molecule is COc1ccc(-c2noc(CN3CCC(CN)CC3)n2)cc1.Cl. The summed E-state index contributed by atoms with van der Waals surface area (Å²) in [5.74, 6) is 2.76. The fourth-order valence-corrected chi connectivity index (χ4v) is 2.75. The van der Waals surface area contributed by atoms with Crippen LogP contribution in [-0.4, -0.2) is 41.8 Å². The summed E-state index contributed by atoms with van der Waals surface area (Å²) >= 11 is 0. The number of likely N-dealkylation sites (tertiary alicyclic amines) is 1. The number of nitrogens with two attached hydrogens (primary N) is 1. The third-order valence-corrected chi connectivity index (χ3v) is 4.22. The Morgan fingerprint density at radius 1 is 1.26 bits per heavy atom. The molecule has 2 N–H and O–H groups in total. The van der Waals surface area contributed by atoms with Gasteiger partial charge in [0.1, 0.15) is 5.75 Å². The van der Waals surface area contributed by atoms with E-state index in [0.717, 1.165) is 43.8 Å². The van der Waals surface area contributed by atoms with E-state index in [1.54, 1.807) is 7.11 Å². The van der Waals surface area contributed by atoms with E-state index in [-0.39, 0.29) is 12.4 Å². The lowest BCUT2D eigenvalue weighted by Gasteiger charge is -2.30. The molecule has 0 bridgehead atoms. The molecular weight excluding hydrogens is 316 g/mol.